The molecular formula is C15H24N2O2. The second-order valence-electron chi connectivity index (χ2n) is 5.03. The molecule has 4 nitrogen and oxygen atoms in total. The van der Waals surface area contributed by atoms with Crippen molar-refractivity contribution in [2.24, 2.45) is 5.73 Å². The molecule has 0 radical (unpaired) electrons. The van der Waals surface area contributed by atoms with E-state index >= 15 is 0 Å². The van der Waals surface area contributed by atoms with Gasteiger partial charge in [-0.1, -0.05) is 12.1 Å². The first-order chi connectivity index (χ1) is 9.20. The third kappa shape index (κ3) is 3.93. The first kappa shape index (κ1) is 14.3. The van der Waals surface area contributed by atoms with E-state index in [1.54, 1.807) is 0 Å². The van der Waals surface area contributed by atoms with Gasteiger partial charge in [0, 0.05) is 25.2 Å². The molecule has 0 aromatic heterocycles. The quantitative estimate of drug-likeness (QED) is 0.881. The average molecular weight is 264 g/mol. The maximum absolute atomic E-state index is 6.29. The molecule has 1 aliphatic rings. The van der Waals surface area contributed by atoms with Crippen LogP contribution in [0.4, 0.5) is 0 Å². The van der Waals surface area contributed by atoms with E-state index in [0.29, 0.717) is 12.6 Å². The summed E-state index contributed by atoms with van der Waals surface area (Å²) in [7, 11) is 0. The SMILES string of the molecule is CCOc1ccc(C(N)CN2CCOCC2C)cc1. The van der Waals surface area contributed by atoms with Crippen molar-refractivity contribution in [3.05, 3.63) is 29.8 Å². The third-order valence-electron chi connectivity index (χ3n) is 3.56. The fourth-order valence-electron chi connectivity index (χ4n) is 2.37. The van der Waals surface area contributed by atoms with E-state index in [-0.39, 0.29) is 6.04 Å². The van der Waals surface area contributed by atoms with Crippen LogP contribution in [-0.4, -0.2) is 43.9 Å². The van der Waals surface area contributed by atoms with Gasteiger partial charge in [-0.05, 0) is 31.5 Å². The number of benzene rings is 1. The largest absolute Gasteiger partial charge is 0.494 e. The van der Waals surface area contributed by atoms with E-state index in [2.05, 4.69) is 24.0 Å². The molecule has 1 aromatic carbocycles. The summed E-state index contributed by atoms with van der Waals surface area (Å²) < 4.78 is 10.9. The molecule has 0 spiro atoms. The van der Waals surface area contributed by atoms with Gasteiger partial charge in [-0.3, -0.25) is 4.90 Å². The van der Waals surface area contributed by atoms with E-state index < -0.39 is 0 Å². The minimum atomic E-state index is 0.0382. The zero-order chi connectivity index (χ0) is 13.7. The Hall–Kier alpha value is -1.10. The summed E-state index contributed by atoms with van der Waals surface area (Å²) in [6, 6.07) is 8.57. The molecule has 1 aliphatic heterocycles. The van der Waals surface area contributed by atoms with Gasteiger partial charge in [0.1, 0.15) is 5.75 Å². The molecule has 106 valence electrons. The summed E-state index contributed by atoms with van der Waals surface area (Å²) in [5.41, 5.74) is 7.44. The van der Waals surface area contributed by atoms with Crippen molar-refractivity contribution in [3.8, 4) is 5.75 Å². The molecule has 0 saturated carbocycles. The molecule has 1 heterocycles. The first-order valence-electron chi connectivity index (χ1n) is 7.01. The van der Waals surface area contributed by atoms with Crippen molar-refractivity contribution in [2.45, 2.75) is 25.9 Å². The third-order valence-corrected chi connectivity index (χ3v) is 3.56. The fraction of sp³-hybridized carbons (Fsp3) is 0.600. The molecule has 2 N–H and O–H groups in total. The van der Waals surface area contributed by atoms with Crippen LogP contribution in [0, 0.1) is 0 Å². The molecule has 0 aliphatic carbocycles. The van der Waals surface area contributed by atoms with Crippen LogP contribution in [0.2, 0.25) is 0 Å². The highest BCUT2D eigenvalue weighted by Gasteiger charge is 2.21. The topological polar surface area (TPSA) is 47.7 Å². The monoisotopic (exact) mass is 264 g/mol. The Bertz CT molecular complexity index is 380. The number of rotatable bonds is 5. The zero-order valence-electron chi connectivity index (χ0n) is 11.8. The summed E-state index contributed by atoms with van der Waals surface area (Å²) in [6.45, 7) is 8.31. The van der Waals surface area contributed by atoms with Crippen molar-refractivity contribution >= 4 is 0 Å². The molecule has 4 heteroatoms. The number of nitrogens with two attached hydrogens (primary N) is 1. The van der Waals surface area contributed by atoms with Gasteiger partial charge in [0.25, 0.3) is 0 Å². The molecule has 2 unspecified atom stereocenters. The molecule has 1 saturated heterocycles. The summed E-state index contributed by atoms with van der Waals surface area (Å²) in [5, 5.41) is 0. The van der Waals surface area contributed by atoms with E-state index in [1.165, 1.54) is 0 Å². The molecule has 1 aromatic rings. The summed E-state index contributed by atoms with van der Waals surface area (Å²) in [6.07, 6.45) is 0. The maximum Gasteiger partial charge on any atom is 0.119 e. The number of morpholine rings is 1. The Labute approximate surface area is 115 Å². The first-order valence-corrected chi connectivity index (χ1v) is 7.01. The van der Waals surface area contributed by atoms with Crippen molar-refractivity contribution in [1.29, 1.82) is 0 Å². The van der Waals surface area contributed by atoms with Gasteiger partial charge in [0.05, 0.1) is 19.8 Å². The highest BCUT2D eigenvalue weighted by Crippen LogP contribution is 2.18. The highest BCUT2D eigenvalue weighted by atomic mass is 16.5. The van der Waals surface area contributed by atoms with Crippen LogP contribution in [0.5, 0.6) is 5.75 Å². The Balaban J connectivity index is 1.93. The Morgan fingerprint density at radius 1 is 1.42 bits per heavy atom. The van der Waals surface area contributed by atoms with Crippen molar-refractivity contribution in [3.63, 3.8) is 0 Å². The normalized spacial score (nSPS) is 22.2. The van der Waals surface area contributed by atoms with E-state index in [9.17, 15) is 0 Å². The maximum atomic E-state index is 6.29. The van der Waals surface area contributed by atoms with Crippen LogP contribution in [0.1, 0.15) is 25.5 Å². The van der Waals surface area contributed by atoms with Gasteiger partial charge >= 0.3 is 0 Å². The van der Waals surface area contributed by atoms with Gasteiger partial charge in [-0.2, -0.15) is 0 Å². The van der Waals surface area contributed by atoms with Crippen LogP contribution < -0.4 is 10.5 Å². The molecular weight excluding hydrogens is 240 g/mol. The Morgan fingerprint density at radius 2 is 2.16 bits per heavy atom. The van der Waals surface area contributed by atoms with E-state index in [1.807, 2.05) is 19.1 Å². The molecule has 19 heavy (non-hydrogen) atoms. The summed E-state index contributed by atoms with van der Waals surface area (Å²) in [5.74, 6) is 0.901. The van der Waals surface area contributed by atoms with Crippen LogP contribution in [0.3, 0.4) is 0 Å². The second-order valence-corrected chi connectivity index (χ2v) is 5.03. The molecule has 0 bridgehead atoms. The summed E-state index contributed by atoms with van der Waals surface area (Å²) in [4.78, 5) is 2.39. The molecule has 0 amide bonds. The lowest BCUT2D eigenvalue weighted by Crippen LogP contribution is -2.46. The highest BCUT2D eigenvalue weighted by molar-refractivity contribution is 5.29. The molecule has 2 rings (SSSR count). The molecule has 1 fully saturated rings. The zero-order valence-corrected chi connectivity index (χ0v) is 11.8. The lowest BCUT2D eigenvalue weighted by Gasteiger charge is -2.35. The Kier molecular flexibility index (Phi) is 5.19. The van der Waals surface area contributed by atoms with E-state index in [4.69, 9.17) is 15.2 Å². The lowest BCUT2D eigenvalue weighted by atomic mass is 10.1. The van der Waals surface area contributed by atoms with Crippen molar-refractivity contribution in [2.75, 3.05) is 32.9 Å². The fourth-order valence-corrected chi connectivity index (χ4v) is 2.37. The number of hydrogen-bond donors (Lipinski definition) is 1. The summed E-state index contributed by atoms with van der Waals surface area (Å²) >= 11 is 0. The second kappa shape index (κ2) is 6.89. The van der Waals surface area contributed by atoms with Crippen LogP contribution in [0.25, 0.3) is 0 Å². The minimum Gasteiger partial charge on any atom is -0.494 e. The van der Waals surface area contributed by atoms with Gasteiger partial charge in [0.2, 0.25) is 0 Å². The van der Waals surface area contributed by atoms with Crippen molar-refractivity contribution in [1.82, 2.24) is 4.90 Å². The smallest absolute Gasteiger partial charge is 0.119 e. The number of nitrogens with zero attached hydrogens (tertiary/aromatic N) is 1. The van der Waals surface area contributed by atoms with E-state index in [0.717, 1.165) is 37.6 Å². The van der Waals surface area contributed by atoms with Crippen molar-refractivity contribution < 1.29 is 9.47 Å². The van der Waals surface area contributed by atoms with Crippen LogP contribution in [0.15, 0.2) is 24.3 Å². The molecule has 2 atom stereocenters. The van der Waals surface area contributed by atoms with Crippen LogP contribution in [-0.2, 0) is 4.74 Å². The van der Waals surface area contributed by atoms with Gasteiger partial charge in [-0.15, -0.1) is 0 Å². The Morgan fingerprint density at radius 3 is 2.79 bits per heavy atom. The van der Waals surface area contributed by atoms with Crippen LogP contribution >= 0.6 is 0 Å². The lowest BCUT2D eigenvalue weighted by molar-refractivity contribution is -0.00280. The number of hydrogen-bond acceptors (Lipinski definition) is 4. The number of ether oxygens (including phenoxy) is 2. The average Bonchev–Trinajstić information content (AvgIpc) is 2.42. The van der Waals surface area contributed by atoms with Gasteiger partial charge < -0.3 is 15.2 Å². The minimum absolute atomic E-state index is 0.0382. The standard InChI is InChI=1S/C15H24N2O2/c1-3-19-14-6-4-13(5-7-14)15(16)10-17-8-9-18-11-12(17)2/h4-7,12,15H,3,8-11,16H2,1-2H3. The predicted molar refractivity (Wildman–Crippen MR) is 76.4 cm³/mol. The van der Waals surface area contributed by atoms with Gasteiger partial charge in [-0.25, -0.2) is 0 Å². The van der Waals surface area contributed by atoms with Gasteiger partial charge in [0.15, 0.2) is 0 Å². The predicted octanol–water partition coefficient (Wildman–Crippen LogP) is 1.81.